The Morgan fingerprint density at radius 2 is 1.57 bits per heavy atom. The van der Waals surface area contributed by atoms with E-state index in [0.717, 1.165) is 21.7 Å². The average molecular weight is 532 g/mol. The number of benzene rings is 2. The molecule has 0 aliphatic heterocycles. The first-order chi connectivity index (χ1) is 17.2. The highest BCUT2D eigenvalue weighted by atomic mass is 32.2. The van der Waals surface area contributed by atoms with Gasteiger partial charge in [-0.1, -0.05) is 52.0 Å². The molecule has 9 heteroatoms. The molecule has 0 saturated carbocycles. The molecule has 1 atom stereocenters. The van der Waals surface area contributed by atoms with Gasteiger partial charge >= 0.3 is 0 Å². The van der Waals surface area contributed by atoms with E-state index in [2.05, 4.69) is 26.1 Å². The fourth-order valence-electron chi connectivity index (χ4n) is 3.97. The minimum atomic E-state index is -3.78. The molecule has 0 radical (unpaired) electrons. The third kappa shape index (κ3) is 8.49. The van der Waals surface area contributed by atoms with Gasteiger partial charge in [0.1, 0.15) is 18.3 Å². The zero-order valence-electron chi connectivity index (χ0n) is 23.2. The summed E-state index contributed by atoms with van der Waals surface area (Å²) in [6, 6.07) is 13.5. The lowest BCUT2D eigenvalue weighted by Gasteiger charge is -2.33. The molecule has 2 aromatic carbocycles. The first kappa shape index (κ1) is 30.2. The van der Waals surface area contributed by atoms with Crippen LogP contribution < -0.4 is 14.4 Å². The topological polar surface area (TPSA) is 96.0 Å². The molecule has 0 heterocycles. The third-order valence-corrected chi connectivity index (χ3v) is 7.17. The van der Waals surface area contributed by atoms with Gasteiger partial charge < -0.3 is 15.0 Å². The van der Waals surface area contributed by atoms with E-state index in [4.69, 9.17) is 4.74 Å². The lowest BCUT2D eigenvalue weighted by atomic mass is 9.87. The van der Waals surface area contributed by atoms with Crippen molar-refractivity contribution in [1.82, 2.24) is 10.2 Å². The second kappa shape index (κ2) is 12.4. The number of anilines is 1. The predicted octanol–water partition coefficient (Wildman–Crippen LogP) is 4.09. The van der Waals surface area contributed by atoms with Gasteiger partial charge in [-0.05, 0) is 61.1 Å². The van der Waals surface area contributed by atoms with Gasteiger partial charge in [-0.3, -0.25) is 13.9 Å². The number of ether oxygens (including phenoxy) is 1. The van der Waals surface area contributed by atoms with Crippen LogP contribution >= 0.6 is 0 Å². The average Bonchev–Trinajstić information content (AvgIpc) is 2.81. The van der Waals surface area contributed by atoms with Crippen LogP contribution in [0.1, 0.15) is 59.1 Å². The lowest BCUT2D eigenvalue weighted by Crippen LogP contribution is -2.53. The standard InChI is InChI=1S/C28H41N3O5S/c1-9-25(27(33)29-20(2)3)30(18-21-10-16-24(36-7)17-11-21)26(32)19-31(37(8,34)35)23-14-12-22(13-15-23)28(4,5)6/h10-17,20,25H,9,18-19H2,1-8H3,(H,29,33)/t25-/m1/s1. The zero-order valence-corrected chi connectivity index (χ0v) is 24.1. The third-order valence-electron chi connectivity index (χ3n) is 6.03. The molecular formula is C28H41N3O5S. The van der Waals surface area contributed by atoms with Gasteiger partial charge in [0.05, 0.1) is 19.1 Å². The molecule has 2 aromatic rings. The van der Waals surface area contributed by atoms with Crippen LogP contribution in [0.15, 0.2) is 48.5 Å². The molecule has 1 N–H and O–H groups in total. The quantitative estimate of drug-likeness (QED) is 0.471. The molecule has 0 aliphatic carbocycles. The molecule has 0 unspecified atom stereocenters. The summed E-state index contributed by atoms with van der Waals surface area (Å²) in [5, 5.41) is 2.88. The lowest BCUT2D eigenvalue weighted by molar-refractivity contribution is -0.140. The van der Waals surface area contributed by atoms with E-state index in [1.807, 2.05) is 45.0 Å². The van der Waals surface area contributed by atoms with Crippen molar-refractivity contribution in [2.75, 3.05) is 24.2 Å². The fraction of sp³-hybridized carbons (Fsp3) is 0.500. The monoisotopic (exact) mass is 531 g/mol. The number of nitrogens with one attached hydrogen (secondary N) is 1. The van der Waals surface area contributed by atoms with Gasteiger partial charge in [0.25, 0.3) is 0 Å². The highest BCUT2D eigenvalue weighted by Crippen LogP contribution is 2.26. The van der Waals surface area contributed by atoms with Crippen LogP contribution in [0.5, 0.6) is 5.75 Å². The van der Waals surface area contributed by atoms with Gasteiger partial charge in [-0.25, -0.2) is 8.42 Å². The molecule has 37 heavy (non-hydrogen) atoms. The first-order valence-electron chi connectivity index (χ1n) is 12.5. The Labute approximate surface area is 222 Å². The van der Waals surface area contributed by atoms with Crippen molar-refractivity contribution in [1.29, 1.82) is 0 Å². The summed E-state index contributed by atoms with van der Waals surface area (Å²) >= 11 is 0. The summed E-state index contributed by atoms with van der Waals surface area (Å²) in [7, 11) is -2.21. The summed E-state index contributed by atoms with van der Waals surface area (Å²) in [6.07, 6.45) is 1.45. The van der Waals surface area contributed by atoms with E-state index in [1.54, 1.807) is 31.4 Å². The predicted molar refractivity (Wildman–Crippen MR) is 148 cm³/mol. The molecule has 8 nitrogen and oxygen atoms in total. The van der Waals surface area contributed by atoms with Crippen molar-refractivity contribution in [3.8, 4) is 5.75 Å². The van der Waals surface area contributed by atoms with Gasteiger partial charge in [0.2, 0.25) is 21.8 Å². The van der Waals surface area contributed by atoms with Crippen LogP contribution in [0.2, 0.25) is 0 Å². The Bertz CT molecular complexity index is 1150. The minimum absolute atomic E-state index is 0.0996. The Kier molecular flexibility index (Phi) is 10.1. The number of rotatable bonds is 11. The van der Waals surface area contributed by atoms with Crippen LogP contribution in [-0.4, -0.2) is 57.1 Å². The number of hydrogen-bond donors (Lipinski definition) is 1. The summed E-state index contributed by atoms with van der Waals surface area (Å²) in [6.45, 7) is 11.5. The van der Waals surface area contributed by atoms with E-state index in [0.29, 0.717) is 17.9 Å². The maximum absolute atomic E-state index is 13.7. The van der Waals surface area contributed by atoms with Crippen molar-refractivity contribution in [2.45, 2.75) is 72.0 Å². The van der Waals surface area contributed by atoms with Gasteiger partial charge in [0.15, 0.2) is 0 Å². The smallest absolute Gasteiger partial charge is 0.244 e. The van der Waals surface area contributed by atoms with E-state index in [9.17, 15) is 18.0 Å². The summed E-state index contributed by atoms with van der Waals surface area (Å²) in [5.41, 5.74) is 2.14. The maximum atomic E-state index is 13.7. The van der Waals surface area contributed by atoms with E-state index in [-0.39, 0.29) is 23.9 Å². The molecule has 0 bridgehead atoms. The Morgan fingerprint density at radius 3 is 2.00 bits per heavy atom. The molecule has 0 aromatic heterocycles. The number of nitrogens with zero attached hydrogens (tertiary/aromatic N) is 2. The Balaban J connectivity index is 2.44. The Hall–Kier alpha value is -3.07. The maximum Gasteiger partial charge on any atom is 0.244 e. The molecular weight excluding hydrogens is 490 g/mol. The van der Waals surface area contributed by atoms with Crippen molar-refractivity contribution in [3.05, 3.63) is 59.7 Å². The van der Waals surface area contributed by atoms with E-state index < -0.39 is 28.5 Å². The number of sulfonamides is 1. The minimum Gasteiger partial charge on any atom is -0.497 e. The van der Waals surface area contributed by atoms with Crippen LogP contribution in [0.4, 0.5) is 5.69 Å². The van der Waals surface area contributed by atoms with Gasteiger partial charge in [-0.15, -0.1) is 0 Å². The zero-order chi connectivity index (χ0) is 28.0. The highest BCUT2D eigenvalue weighted by Gasteiger charge is 2.32. The van der Waals surface area contributed by atoms with Crippen molar-refractivity contribution >= 4 is 27.5 Å². The number of amides is 2. The number of carbonyl (C=O) groups excluding carboxylic acids is 2. The van der Waals surface area contributed by atoms with Crippen molar-refractivity contribution in [3.63, 3.8) is 0 Å². The second-order valence-electron chi connectivity index (χ2n) is 10.5. The molecule has 2 amide bonds. The molecule has 2 rings (SSSR count). The molecule has 0 aliphatic rings. The van der Waals surface area contributed by atoms with Crippen molar-refractivity contribution in [2.24, 2.45) is 0 Å². The summed E-state index contributed by atoms with van der Waals surface area (Å²) < 4.78 is 31.9. The highest BCUT2D eigenvalue weighted by molar-refractivity contribution is 7.92. The second-order valence-corrected chi connectivity index (χ2v) is 12.4. The SMILES string of the molecule is CC[C@H](C(=O)NC(C)C)N(Cc1ccc(OC)cc1)C(=O)CN(c1ccc(C(C)(C)C)cc1)S(C)(=O)=O. The van der Waals surface area contributed by atoms with Crippen LogP contribution in [0.25, 0.3) is 0 Å². The Morgan fingerprint density at radius 1 is 1.00 bits per heavy atom. The summed E-state index contributed by atoms with van der Waals surface area (Å²) in [5.74, 6) is -0.0696. The number of methoxy groups -OCH3 is 1. The van der Waals surface area contributed by atoms with Gasteiger partial charge in [0, 0.05) is 12.6 Å². The van der Waals surface area contributed by atoms with E-state index >= 15 is 0 Å². The first-order valence-corrected chi connectivity index (χ1v) is 14.3. The number of hydrogen-bond acceptors (Lipinski definition) is 5. The van der Waals surface area contributed by atoms with E-state index in [1.165, 1.54) is 4.90 Å². The van der Waals surface area contributed by atoms with Gasteiger partial charge in [-0.2, -0.15) is 0 Å². The van der Waals surface area contributed by atoms with Crippen LogP contribution in [0.3, 0.4) is 0 Å². The van der Waals surface area contributed by atoms with Crippen LogP contribution in [-0.2, 0) is 31.6 Å². The number of carbonyl (C=O) groups is 2. The molecule has 0 fully saturated rings. The largest absolute Gasteiger partial charge is 0.497 e. The molecule has 204 valence electrons. The normalized spacial score (nSPS) is 12.7. The van der Waals surface area contributed by atoms with Crippen LogP contribution in [0, 0.1) is 0 Å². The molecule has 0 saturated heterocycles. The van der Waals surface area contributed by atoms with Crippen molar-refractivity contribution < 1.29 is 22.7 Å². The summed E-state index contributed by atoms with van der Waals surface area (Å²) in [4.78, 5) is 28.2. The molecule has 0 spiro atoms. The fourth-order valence-corrected chi connectivity index (χ4v) is 4.82.